The second kappa shape index (κ2) is 7.19. The smallest absolute Gasteiger partial charge is 0.250 e. The number of aromatic nitrogens is 1. The van der Waals surface area contributed by atoms with Crippen LogP contribution in [0, 0.1) is 6.92 Å². The Morgan fingerprint density at radius 1 is 1.04 bits per heavy atom. The number of hydrogen-bond donors (Lipinski definition) is 1. The Kier molecular flexibility index (Phi) is 4.59. The van der Waals surface area contributed by atoms with Crippen molar-refractivity contribution in [2.75, 3.05) is 13.2 Å². The lowest BCUT2D eigenvalue weighted by molar-refractivity contribution is 0.0999. The number of nitrogens with two attached hydrogens (primary N) is 1. The van der Waals surface area contributed by atoms with Gasteiger partial charge in [0.25, 0.3) is 5.91 Å². The van der Waals surface area contributed by atoms with Crippen LogP contribution in [0.25, 0.3) is 11.3 Å². The largest absolute Gasteiger partial charge is 0.490 e. The molecule has 0 bridgehead atoms. The molecule has 2 N–H and O–H groups in total. The second-order valence-corrected chi connectivity index (χ2v) is 6.68. The molecule has 27 heavy (non-hydrogen) atoms. The van der Waals surface area contributed by atoms with E-state index in [4.69, 9.17) is 15.2 Å². The van der Waals surface area contributed by atoms with E-state index in [0.717, 1.165) is 40.4 Å². The highest BCUT2D eigenvalue weighted by Crippen LogP contribution is 2.36. The molecule has 2 heterocycles. The molecular formula is C22H22N2O3. The van der Waals surface area contributed by atoms with Crippen LogP contribution in [0.1, 0.15) is 28.0 Å². The van der Waals surface area contributed by atoms with Crippen LogP contribution >= 0.6 is 0 Å². The summed E-state index contributed by atoms with van der Waals surface area (Å²) in [6.45, 7) is 3.87. The third-order valence-electron chi connectivity index (χ3n) is 4.86. The SMILES string of the molecule is Cc1c(C(N)=O)cc(-c2ccc3c(c2)OCCCO3)n1Cc1ccccc1. The van der Waals surface area contributed by atoms with Gasteiger partial charge < -0.3 is 19.8 Å². The third kappa shape index (κ3) is 3.40. The summed E-state index contributed by atoms with van der Waals surface area (Å²) in [6, 6.07) is 17.9. The zero-order valence-electron chi connectivity index (χ0n) is 15.3. The summed E-state index contributed by atoms with van der Waals surface area (Å²) in [5.74, 6) is 1.06. The number of ether oxygens (including phenoxy) is 2. The van der Waals surface area contributed by atoms with Crippen LogP contribution in [0.3, 0.4) is 0 Å². The van der Waals surface area contributed by atoms with Crippen molar-refractivity contribution in [2.24, 2.45) is 5.73 Å². The number of carbonyl (C=O) groups excluding carboxylic acids is 1. The van der Waals surface area contributed by atoms with Crippen molar-refractivity contribution in [3.63, 3.8) is 0 Å². The number of amides is 1. The van der Waals surface area contributed by atoms with Gasteiger partial charge in [0, 0.05) is 29.9 Å². The van der Waals surface area contributed by atoms with Crippen molar-refractivity contribution < 1.29 is 14.3 Å². The van der Waals surface area contributed by atoms with Gasteiger partial charge in [-0.3, -0.25) is 4.79 Å². The average Bonchev–Trinajstić information content (AvgIpc) is 2.85. The van der Waals surface area contributed by atoms with Crippen molar-refractivity contribution in [3.05, 3.63) is 71.4 Å². The fourth-order valence-electron chi connectivity index (χ4n) is 3.43. The van der Waals surface area contributed by atoms with Crippen molar-refractivity contribution in [3.8, 4) is 22.8 Å². The van der Waals surface area contributed by atoms with Crippen LogP contribution in [0.5, 0.6) is 11.5 Å². The molecule has 5 heteroatoms. The molecule has 0 spiro atoms. The molecule has 5 nitrogen and oxygen atoms in total. The Hall–Kier alpha value is -3.21. The van der Waals surface area contributed by atoms with E-state index in [1.165, 1.54) is 0 Å². The summed E-state index contributed by atoms with van der Waals surface area (Å²) >= 11 is 0. The van der Waals surface area contributed by atoms with Crippen molar-refractivity contribution in [1.82, 2.24) is 4.57 Å². The maximum absolute atomic E-state index is 11.9. The van der Waals surface area contributed by atoms with Gasteiger partial charge in [0.15, 0.2) is 11.5 Å². The van der Waals surface area contributed by atoms with E-state index in [0.29, 0.717) is 25.3 Å². The first-order valence-electron chi connectivity index (χ1n) is 9.07. The fourth-order valence-corrected chi connectivity index (χ4v) is 3.43. The van der Waals surface area contributed by atoms with E-state index in [1.54, 1.807) is 0 Å². The summed E-state index contributed by atoms with van der Waals surface area (Å²) in [7, 11) is 0. The van der Waals surface area contributed by atoms with Crippen LogP contribution in [0.4, 0.5) is 0 Å². The molecule has 0 unspecified atom stereocenters. The molecule has 0 atom stereocenters. The van der Waals surface area contributed by atoms with Crippen LogP contribution in [0.15, 0.2) is 54.6 Å². The minimum absolute atomic E-state index is 0.421. The Morgan fingerprint density at radius 3 is 2.52 bits per heavy atom. The number of rotatable bonds is 4. The average molecular weight is 362 g/mol. The molecule has 1 aromatic heterocycles. The molecule has 138 valence electrons. The van der Waals surface area contributed by atoms with Gasteiger partial charge in [-0.05, 0) is 36.8 Å². The first-order valence-corrected chi connectivity index (χ1v) is 9.07. The van der Waals surface area contributed by atoms with E-state index < -0.39 is 5.91 Å². The Bertz CT molecular complexity index is 977. The van der Waals surface area contributed by atoms with Gasteiger partial charge in [-0.25, -0.2) is 0 Å². The molecule has 0 fully saturated rings. The topological polar surface area (TPSA) is 66.5 Å². The summed E-state index contributed by atoms with van der Waals surface area (Å²) in [6.07, 6.45) is 0.860. The van der Waals surface area contributed by atoms with E-state index in [2.05, 4.69) is 16.7 Å². The van der Waals surface area contributed by atoms with E-state index >= 15 is 0 Å². The number of primary amides is 1. The van der Waals surface area contributed by atoms with Crippen LogP contribution in [-0.2, 0) is 6.54 Å². The normalized spacial score (nSPS) is 13.2. The highest BCUT2D eigenvalue weighted by Gasteiger charge is 2.19. The molecule has 0 aliphatic carbocycles. The van der Waals surface area contributed by atoms with Crippen LogP contribution in [-0.4, -0.2) is 23.7 Å². The highest BCUT2D eigenvalue weighted by atomic mass is 16.5. The predicted molar refractivity (Wildman–Crippen MR) is 104 cm³/mol. The zero-order chi connectivity index (χ0) is 18.8. The minimum atomic E-state index is -0.421. The van der Waals surface area contributed by atoms with Crippen molar-refractivity contribution in [1.29, 1.82) is 0 Å². The fraction of sp³-hybridized carbons (Fsp3) is 0.227. The summed E-state index contributed by atoms with van der Waals surface area (Å²) < 4.78 is 13.7. The molecule has 1 aliphatic heterocycles. The Balaban J connectivity index is 1.81. The van der Waals surface area contributed by atoms with E-state index in [1.807, 2.05) is 49.4 Å². The van der Waals surface area contributed by atoms with Crippen molar-refractivity contribution >= 4 is 5.91 Å². The number of carbonyl (C=O) groups is 1. The molecule has 3 aromatic rings. The summed E-state index contributed by atoms with van der Waals surface area (Å²) in [4.78, 5) is 11.9. The molecule has 1 aliphatic rings. The lowest BCUT2D eigenvalue weighted by atomic mass is 10.1. The number of fused-ring (bicyclic) bond motifs is 1. The van der Waals surface area contributed by atoms with Gasteiger partial charge in [-0.15, -0.1) is 0 Å². The third-order valence-corrected chi connectivity index (χ3v) is 4.86. The highest BCUT2D eigenvalue weighted by molar-refractivity contribution is 5.95. The molecule has 0 radical (unpaired) electrons. The number of hydrogen-bond acceptors (Lipinski definition) is 3. The second-order valence-electron chi connectivity index (χ2n) is 6.68. The van der Waals surface area contributed by atoms with E-state index in [9.17, 15) is 4.79 Å². The summed E-state index contributed by atoms with van der Waals surface area (Å²) in [5, 5.41) is 0. The van der Waals surface area contributed by atoms with Gasteiger partial charge in [0.05, 0.1) is 18.8 Å². The molecule has 0 saturated heterocycles. The summed E-state index contributed by atoms with van der Waals surface area (Å²) in [5.41, 5.74) is 10.0. The lowest BCUT2D eigenvalue weighted by Gasteiger charge is -2.14. The Labute approximate surface area is 158 Å². The number of nitrogens with zero attached hydrogens (tertiary/aromatic N) is 1. The molecular weight excluding hydrogens is 340 g/mol. The van der Waals surface area contributed by atoms with Gasteiger partial charge >= 0.3 is 0 Å². The monoisotopic (exact) mass is 362 g/mol. The molecule has 2 aromatic carbocycles. The maximum atomic E-state index is 11.9. The molecule has 0 saturated carbocycles. The first kappa shape index (κ1) is 17.2. The zero-order valence-corrected chi connectivity index (χ0v) is 15.3. The predicted octanol–water partition coefficient (Wildman–Crippen LogP) is 3.77. The van der Waals surface area contributed by atoms with Gasteiger partial charge in [0.2, 0.25) is 0 Å². The lowest BCUT2D eigenvalue weighted by Crippen LogP contribution is -2.12. The Morgan fingerprint density at radius 2 is 1.78 bits per heavy atom. The maximum Gasteiger partial charge on any atom is 0.250 e. The molecule has 1 amide bonds. The van der Waals surface area contributed by atoms with Gasteiger partial charge in [-0.2, -0.15) is 0 Å². The minimum Gasteiger partial charge on any atom is -0.490 e. The van der Waals surface area contributed by atoms with Crippen LogP contribution < -0.4 is 15.2 Å². The number of benzene rings is 2. The van der Waals surface area contributed by atoms with E-state index in [-0.39, 0.29) is 0 Å². The first-order chi connectivity index (χ1) is 13.1. The van der Waals surface area contributed by atoms with Crippen LogP contribution in [0.2, 0.25) is 0 Å². The quantitative estimate of drug-likeness (QED) is 0.768. The van der Waals surface area contributed by atoms with Crippen molar-refractivity contribution in [2.45, 2.75) is 19.9 Å². The standard InChI is InChI=1S/C22H22N2O3/c1-15-18(22(23)25)13-19(24(15)14-16-6-3-2-4-7-16)17-8-9-20-21(12-17)27-11-5-10-26-20/h2-4,6-9,12-13H,5,10-11,14H2,1H3,(H2,23,25). The van der Waals surface area contributed by atoms with Gasteiger partial charge in [-0.1, -0.05) is 30.3 Å². The van der Waals surface area contributed by atoms with Gasteiger partial charge in [0.1, 0.15) is 0 Å². The molecule has 4 rings (SSSR count).